The molecule has 1 aromatic carbocycles. The molecule has 0 aliphatic carbocycles. The molecule has 3 N–H and O–H groups in total. The Labute approximate surface area is 112 Å². The number of methoxy groups -OCH3 is 1. The van der Waals surface area contributed by atoms with Crippen molar-refractivity contribution in [3.05, 3.63) is 29.6 Å². The number of benzene rings is 1. The van der Waals surface area contributed by atoms with Gasteiger partial charge in [0.05, 0.1) is 12.2 Å². The third kappa shape index (κ3) is 5.51. The van der Waals surface area contributed by atoms with E-state index in [9.17, 15) is 9.18 Å². The van der Waals surface area contributed by atoms with E-state index in [-0.39, 0.29) is 18.1 Å². The molecule has 0 unspecified atom stereocenters. The zero-order chi connectivity index (χ0) is 14.1. The fraction of sp³-hybridized carbons (Fsp3) is 0.357. The minimum Gasteiger partial charge on any atom is -0.385 e. The summed E-state index contributed by atoms with van der Waals surface area (Å²) < 4.78 is 18.5. The van der Waals surface area contributed by atoms with E-state index < -0.39 is 5.82 Å². The SMILES string of the molecule is COCCCC(=O)Nc1ccc(C#CCN)cc1F. The molecule has 0 radical (unpaired) electrons. The van der Waals surface area contributed by atoms with E-state index in [1.54, 1.807) is 13.2 Å². The fourth-order valence-electron chi connectivity index (χ4n) is 1.44. The molecule has 5 heteroatoms. The summed E-state index contributed by atoms with van der Waals surface area (Å²) in [6.45, 7) is 0.725. The number of carbonyl (C=O) groups excluding carboxylic acids is 1. The minimum atomic E-state index is -0.510. The number of ether oxygens (including phenoxy) is 1. The maximum absolute atomic E-state index is 13.7. The lowest BCUT2D eigenvalue weighted by Crippen LogP contribution is -2.13. The molecule has 4 nitrogen and oxygen atoms in total. The predicted octanol–water partition coefficient (Wildman–Crippen LogP) is 1.50. The van der Waals surface area contributed by atoms with Crippen LogP contribution in [0.3, 0.4) is 0 Å². The Balaban J connectivity index is 2.62. The number of nitrogens with two attached hydrogens (primary N) is 1. The molecule has 0 bridgehead atoms. The molecule has 0 saturated heterocycles. The van der Waals surface area contributed by atoms with Crippen LogP contribution in [-0.4, -0.2) is 26.2 Å². The highest BCUT2D eigenvalue weighted by atomic mass is 19.1. The van der Waals surface area contributed by atoms with Crippen LogP contribution in [0.15, 0.2) is 18.2 Å². The number of amides is 1. The number of carbonyl (C=O) groups is 1. The third-order valence-electron chi connectivity index (χ3n) is 2.33. The molecular weight excluding hydrogens is 247 g/mol. The van der Waals surface area contributed by atoms with E-state index >= 15 is 0 Å². The third-order valence-corrected chi connectivity index (χ3v) is 2.33. The highest BCUT2D eigenvalue weighted by molar-refractivity contribution is 5.90. The average Bonchev–Trinajstić information content (AvgIpc) is 2.39. The molecule has 0 saturated carbocycles. The molecule has 1 aromatic rings. The molecule has 0 fully saturated rings. The number of anilines is 1. The standard InChI is InChI=1S/C14H17FN2O2/c1-19-9-3-5-14(18)17-13-7-6-11(4-2-8-16)10-12(13)15/h6-7,10H,3,5,8-9,16H2,1H3,(H,17,18). The van der Waals surface area contributed by atoms with E-state index in [0.717, 1.165) is 0 Å². The Morgan fingerprint density at radius 2 is 2.32 bits per heavy atom. The van der Waals surface area contributed by atoms with E-state index in [1.807, 2.05) is 0 Å². The first-order valence-electron chi connectivity index (χ1n) is 5.94. The lowest BCUT2D eigenvalue weighted by molar-refractivity contribution is -0.116. The van der Waals surface area contributed by atoms with Gasteiger partial charge in [0, 0.05) is 25.7 Å². The fourth-order valence-corrected chi connectivity index (χ4v) is 1.44. The monoisotopic (exact) mass is 264 g/mol. The van der Waals surface area contributed by atoms with Gasteiger partial charge in [0.25, 0.3) is 0 Å². The summed E-state index contributed by atoms with van der Waals surface area (Å²) >= 11 is 0. The van der Waals surface area contributed by atoms with Crippen molar-refractivity contribution in [2.24, 2.45) is 5.73 Å². The average molecular weight is 264 g/mol. The summed E-state index contributed by atoms with van der Waals surface area (Å²) in [5, 5.41) is 2.51. The second-order valence-electron chi connectivity index (χ2n) is 3.85. The largest absolute Gasteiger partial charge is 0.385 e. The van der Waals surface area contributed by atoms with Gasteiger partial charge in [-0.2, -0.15) is 0 Å². The van der Waals surface area contributed by atoms with Gasteiger partial charge in [-0.1, -0.05) is 11.8 Å². The number of nitrogens with one attached hydrogen (secondary N) is 1. The van der Waals surface area contributed by atoms with Crippen LogP contribution in [0.2, 0.25) is 0 Å². The van der Waals surface area contributed by atoms with Crippen LogP contribution in [-0.2, 0) is 9.53 Å². The maximum Gasteiger partial charge on any atom is 0.224 e. The predicted molar refractivity (Wildman–Crippen MR) is 72.1 cm³/mol. The van der Waals surface area contributed by atoms with E-state index in [1.165, 1.54) is 12.1 Å². The van der Waals surface area contributed by atoms with Crippen molar-refractivity contribution in [2.75, 3.05) is 25.6 Å². The Morgan fingerprint density at radius 3 is 2.95 bits per heavy atom. The Morgan fingerprint density at radius 1 is 1.53 bits per heavy atom. The van der Waals surface area contributed by atoms with Gasteiger partial charge in [-0.15, -0.1) is 0 Å². The first-order chi connectivity index (χ1) is 9.17. The molecule has 0 aliphatic rings. The van der Waals surface area contributed by atoms with Crippen molar-refractivity contribution in [1.29, 1.82) is 0 Å². The zero-order valence-corrected chi connectivity index (χ0v) is 10.8. The van der Waals surface area contributed by atoms with E-state index in [4.69, 9.17) is 10.5 Å². The molecule has 1 amide bonds. The van der Waals surface area contributed by atoms with Crippen LogP contribution in [0.5, 0.6) is 0 Å². The van der Waals surface area contributed by atoms with Gasteiger partial charge in [-0.05, 0) is 24.6 Å². The Kier molecular flexibility index (Phi) is 6.58. The number of hydrogen-bond donors (Lipinski definition) is 2. The molecule has 0 atom stereocenters. The van der Waals surface area contributed by atoms with Gasteiger partial charge >= 0.3 is 0 Å². The van der Waals surface area contributed by atoms with Crippen molar-refractivity contribution in [2.45, 2.75) is 12.8 Å². The van der Waals surface area contributed by atoms with Crippen LogP contribution < -0.4 is 11.1 Å². The van der Waals surface area contributed by atoms with Crippen LogP contribution in [0.4, 0.5) is 10.1 Å². The first kappa shape index (κ1) is 15.2. The van der Waals surface area contributed by atoms with Crippen LogP contribution in [0, 0.1) is 17.7 Å². The number of halogens is 1. The first-order valence-corrected chi connectivity index (χ1v) is 5.94. The summed E-state index contributed by atoms with van der Waals surface area (Å²) in [6.07, 6.45) is 0.895. The molecule has 0 spiro atoms. The van der Waals surface area contributed by atoms with Gasteiger partial charge in [0.15, 0.2) is 0 Å². The molecule has 19 heavy (non-hydrogen) atoms. The minimum absolute atomic E-state index is 0.153. The van der Waals surface area contributed by atoms with E-state index in [0.29, 0.717) is 25.0 Å². The van der Waals surface area contributed by atoms with Crippen LogP contribution in [0.1, 0.15) is 18.4 Å². The molecule has 1 rings (SSSR count). The topological polar surface area (TPSA) is 64.3 Å². The maximum atomic E-state index is 13.7. The van der Waals surface area contributed by atoms with Crippen molar-refractivity contribution in [3.8, 4) is 11.8 Å². The highest BCUT2D eigenvalue weighted by Gasteiger charge is 2.07. The molecule has 0 heterocycles. The quantitative estimate of drug-likeness (QED) is 0.625. The van der Waals surface area contributed by atoms with Gasteiger partial charge in [-0.3, -0.25) is 4.79 Å². The van der Waals surface area contributed by atoms with Crippen LogP contribution >= 0.6 is 0 Å². The van der Waals surface area contributed by atoms with E-state index in [2.05, 4.69) is 17.2 Å². The van der Waals surface area contributed by atoms with Gasteiger partial charge in [-0.25, -0.2) is 4.39 Å². The van der Waals surface area contributed by atoms with Gasteiger partial charge in [0.2, 0.25) is 5.91 Å². The smallest absolute Gasteiger partial charge is 0.224 e. The van der Waals surface area contributed by atoms with Crippen molar-refractivity contribution in [1.82, 2.24) is 0 Å². The van der Waals surface area contributed by atoms with Crippen molar-refractivity contribution < 1.29 is 13.9 Å². The summed E-state index contributed by atoms with van der Waals surface area (Å²) in [6, 6.07) is 4.40. The summed E-state index contributed by atoms with van der Waals surface area (Å²) in [4.78, 5) is 11.5. The van der Waals surface area contributed by atoms with Crippen LogP contribution in [0.25, 0.3) is 0 Å². The van der Waals surface area contributed by atoms with Crippen molar-refractivity contribution in [3.63, 3.8) is 0 Å². The zero-order valence-electron chi connectivity index (χ0n) is 10.8. The molecule has 0 aliphatic heterocycles. The summed E-state index contributed by atoms with van der Waals surface area (Å²) in [5.74, 6) is 4.61. The molecule has 102 valence electrons. The lowest BCUT2D eigenvalue weighted by Gasteiger charge is -2.06. The molecule has 0 aromatic heterocycles. The Bertz CT molecular complexity index is 492. The second-order valence-corrected chi connectivity index (χ2v) is 3.85. The Hall–Kier alpha value is -1.90. The molecular formula is C14H17FN2O2. The van der Waals surface area contributed by atoms with Gasteiger partial charge < -0.3 is 15.8 Å². The normalized spacial score (nSPS) is 9.63. The lowest BCUT2D eigenvalue weighted by atomic mass is 10.2. The highest BCUT2D eigenvalue weighted by Crippen LogP contribution is 2.15. The summed E-state index contributed by atoms with van der Waals surface area (Å²) in [5.41, 5.74) is 5.92. The van der Waals surface area contributed by atoms with Gasteiger partial charge in [0.1, 0.15) is 5.82 Å². The number of rotatable bonds is 5. The summed E-state index contributed by atoms with van der Waals surface area (Å²) in [7, 11) is 1.57. The number of hydrogen-bond acceptors (Lipinski definition) is 3. The second kappa shape index (κ2) is 8.25. The van der Waals surface area contributed by atoms with Crippen molar-refractivity contribution >= 4 is 11.6 Å².